The second kappa shape index (κ2) is 3.29. The third kappa shape index (κ3) is 3.78. The number of hydrogen-bond acceptors (Lipinski definition) is 4. The van der Waals surface area contributed by atoms with Crippen molar-refractivity contribution in [3.63, 3.8) is 0 Å². The largest absolute Gasteiger partial charge is 0.411 e. The molecular weight excluding hydrogens is 140 g/mol. The van der Waals surface area contributed by atoms with Crippen molar-refractivity contribution in [1.82, 2.24) is 0 Å². The summed E-state index contributed by atoms with van der Waals surface area (Å²) < 4.78 is 4.25. The molecule has 0 aromatic heterocycles. The minimum Gasteiger partial charge on any atom is -0.411 e. The van der Waals surface area contributed by atoms with Crippen molar-refractivity contribution in [1.29, 1.82) is 0 Å². The minimum atomic E-state index is -0.560. The Bertz CT molecular complexity index is 162. The molecule has 0 bridgehead atoms. The van der Waals surface area contributed by atoms with Gasteiger partial charge in [-0.1, -0.05) is 0 Å². The first-order valence-corrected chi connectivity index (χ1v) is 2.68. The van der Waals surface area contributed by atoms with Crippen LogP contribution in [0.2, 0.25) is 0 Å². The van der Waals surface area contributed by atoms with Crippen LogP contribution in [0.1, 0.15) is 13.8 Å². The molecule has 0 saturated heterocycles. The van der Waals surface area contributed by atoms with Gasteiger partial charge in [-0.3, -0.25) is 9.59 Å². The number of Topliss-reactive ketones (excluding diaryl/α,β-unsaturated/α-hetero) is 1. The molecule has 0 unspecified atom stereocenters. The summed E-state index contributed by atoms with van der Waals surface area (Å²) in [5.74, 6) is -0.963. The Kier molecular flexibility index (Phi) is 3.01. The first-order valence-electron chi connectivity index (χ1n) is 2.27. The maximum absolute atomic E-state index is 10.3. The summed E-state index contributed by atoms with van der Waals surface area (Å²) in [6.45, 7) is 2.43. The number of ether oxygens (including phenoxy) is 1. The average molecular weight is 146 g/mol. The molecule has 0 heterocycles. The molecule has 0 rings (SSSR count). The molecule has 0 aliphatic heterocycles. The molecule has 0 aliphatic rings. The number of hydrogen-bond donors (Lipinski definition) is 0. The van der Waals surface area contributed by atoms with Crippen LogP contribution in [-0.4, -0.2) is 16.8 Å². The molecule has 0 aliphatic carbocycles. The van der Waals surface area contributed by atoms with Crippen molar-refractivity contribution >= 4 is 29.0 Å². The smallest absolute Gasteiger partial charge is 0.308 e. The van der Waals surface area contributed by atoms with Gasteiger partial charge in [0.2, 0.25) is 10.8 Å². The fourth-order valence-corrected chi connectivity index (χ4v) is 0.320. The van der Waals surface area contributed by atoms with Crippen LogP contribution >= 0.6 is 12.2 Å². The van der Waals surface area contributed by atoms with Gasteiger partial charge < -0.3 is 4.74 Å². The van der Waals surface area contributed by atoms with Crippen molar-refractivity contribution < 1.29 is 14.3 Å². The van der Waals surface area contributed by atoms with Crippen molar-refractivity contribution in [3.8, 4) is 0 Å². The fourth-order valence-electron chi connectivity index (χ4n) is 0.202. The second-order valence-electron chi connectivity index (χ2n) is 1.44. The number of carbonyl (C=O) groups excluding carboxylic acids is 2. The molecule has 0 spiro atoms. The van der Waals surface area contributed by atoms with E-state index < -0.39 is 11.8 Å². The SMILES string of the molecule is CC(=O)OC(=S)C(C)=O. The van der Waals surface area contributed by atoms with Crippen LogP contribution in [0, 0.1) is 0 Å². The predicted octanol–water partition coefficient (Wildman–Crippen LogP) is 0.466. The quantitative estimate of drug-likeness (QED) is 0.398. The summed E-state index contributed by atoms with van der Waals surface area (Å²) in [5, 5.41) is -0.275. The van der Waals surface area contributed by atoms with E-state index in [1.165, 1.54) is 13.8 Å². The number of esters is 1. The Hall–Kier alpha value is -0.770. The predicted molar refractivity (Wildman–Crippen MR) is 35.0 cm³/mol. The minimum absolute atomic E-state index is 0.275. The van der Waals surface area contributed by atoms with Gasteiger partial charge in [0, 0.05) is 13.8 Å². The zero-order chi connectivity index (χ0) is 7.44. The van der Waals surface area contributed by atoms with Gasteiger partial charge in [0.1, 0.15) is 0 Å². The molecule has 0 atom stereocenters. The Balaban J connectivity index is 3.79. The van der Waals surface area contributed by atoms with Crippen LogP contribution in [0.25, 0.3) is 0 Å². The number of ketones is 1. The average Bonchev–Trinajstić information content (AvgIpc) is 1.63. The van der Waals surface area contributed by atoms with Crippen LogP contribution in [0.3, 0.4) is 0 Å². The molecule has 0 aromatic rings. The topological polar surface area (TPSA) is 43.4 Å². The van der Waals surface area contributed by atoms with Crippen molar-refractivity contribution in [3.05, 3.63) is 0 Å². The zero-order valence-corrected chi connectivity index (χ0v) is 5.95. The van der Waals surface area contributed by atoms with Gasteiger partial charge in [0.05, 0.1) is 0 Å². The maximum atomic E-state index is 10.3. The summed E-state index contributed by atoms with van der Waals surface area (Å²) in [7, 11) is 0. The number of carbonyl (C=O) groups is 2. The van der Waals surface area contributed by atoms with Gasteiger partial charge in [0.25, 0.3) is 0 Å². The Morgan fingerprint density at radius 1 is 1.33 bits per heavy atom. The Morgan fingerprint density at radius 2 is 1.78 bits per heavy atom. The van der Waals surface area contributed by atoms with Gasteiger partial charge in [-0.25, -0.2) is 0 Å². The van der Waals surface area contributed by atoms with Gasteiger partial charge in [-0.2, -0.15) is 0 Å². The normalized spacial score (nSPS) is 8.22. The fraction of sp³-hybridized carbons (Fsp3) is 0.400. The lowest BCUT2D eigenvalue weighted by Crippen LogP contribution is -2.14. The molecule has 0 fully saturated rings. The molecule has 50 valence electrons. The molecular formula is C5H6O3S. The molecule has 0 aromatic carbocycles. The van der Waals surface area contributed by atoms with Crippen LogP contribution in [-0.2, 0) is 14.3 Å². The second-order valence-corrected chi connectivity index (χ2v) is 1.81. The van der Waals surface area contributed by atoms with Gasteiger partial charge >= 0.3 is 5.97 Å². The maximum Gasteiger partial charge on any atom is 0.308 e. The monoisotopic (exact) mass is 146 g/mol. The lowest BCUT2D eigenvalue weighted by atomic mass is 10.5. The third-order valence-electron chi connectivity index (χ3n) is 0.524. The van der Waals surface area contributed by atoms with Crippen LogP contribution < -0.4 is 0 Å². The highest BCUT2D eigenvalue weighted by atomic mass is 32.1. The summed E-state index contributed by atoms with van der Waals surface area (Å²) in [6.07, 6.45) is 0. The van der Waals surface area contributed by atoms with Crippen molar-refractivity contribution in [2.24, 2.45) is 0 Å². The van der Waals surface area contributed by atoms with E-state index in [1.54, 1.807) is 0 Å². The zero-order valence-electron chi connectivity index (χ0n) is 5.13. The van der Waals surface area contributed by atoms with Crippen LogP contribution in [0.5, 0.6) is 0 Å². The summed E-state index contributed by atoms with van der Waals surface area (Å²) in [4.78, 5) is 20.4. The standard InChI is InChI=1S/C5H6O3S/c1-3(6)5(9)8-4(2)7/h1-2H3. The summed E-state index contributed by atoms with van der Waals surface area (Å²) in [5.41, 5.74) is 0. The van der Waals surface area contributed by atoms with E-state index in [-0.39, 0.29) is 5.05 Å². The van der Waals surface area contributed by atoms with Crippen molar-refractivity contribution in [2.75, 3.05) is 0 Å². The first kappa shape index (κ1) is 8.23. The Morgan fingerprint density at radius 3 is 1.89 bits per heavy atom. The molecule has 3 nitrogen and oxygen atoms in total. The lowest BCUT2D eigenvalue weighted by Gasteiger charge is -1.95. The molecule has 0 saturated carbocycles. The third-order valence-corrected chi connectivity index (χ3v) is 0.895. The van der Waals surface area contributed by atoms with Gasteiger partial charge in [-0.05, 0) is 12.2 Å². The highest BCUT2D eigenvalue weighted by Crippen LogP contribution is 1.84. The van der Waals surface area contributed by atoms with E-state index >= 15 is 0 Å². The number of rotatable bonds is 1. The highest BCUT2D eigenvalue weighted by Gasteiger charge is 2.05. The molecule has 0 amide bonds. The van der Waals surface area contributed by atoms with Gasteiger partial charge in [-0.15, -0.1) is 0 Å². The first-order chi connectivity index (χ1) is 4.04. The molecule has 9 heavy (non-hydrogen) atoms. The summed E-state index contributed by atoms with van der Waals surface area (Å²) >= 11 is 4.36. The molecule has 0 radical (unpaired) electrons. The highest BCUT2D eigenvalue weighted by molar-refractivity contribution is 7.81. The van der Waals surface area contributed by atoms with E-state index in [4.69, 9.17) is 0 Å². The summed E-state index contributed by atoms with van der Waals surface area (Å²) in [6, 6.07) is 0. The lowest BCUT2D eigenvalue weighted by molar-refractivity contribution is -0.134. The van der Waals surface area contributed by atoms with E-state index in [1.807, 2.05) is 0 Å². The van der Waals surface area contributed by atoms with Gasteiger partial charge in [0.15, 0.2) is 0 Å². The van der Waals surface area contributed by atoms with E-state index in [2.05, 4.69) is 17.0 Å². The van der Waals surface area contributed by atoms with E-state index in [0.29, 0.717) is 0 Å². The number of thiocarbonyl (C=S) groups is 1. The van der Waals surface area contributed by atoms with Crippen molar-refractivity contribution in [2.45, 2.75) is 13.8 Å². The molecule has 0 N–H and O–H groups in total. The van der Waals surface area contributed by atoms with Crippen LogP contribution in [0.15, 0.2) is 0 Å². The van der Waals surface area contributed by atoms with E-state index in [9.17, 15) is 9.59 Å². The Labute approximate surface area is 58.0 Å². The van der Waals surface area contributed by atoms with E-state index in [0.717, 1.165) is 0 Å². The molecule has 4 heteroatoms. The van der Waals surface area contributed by atoms with Crippen LogP contribution in [0.4, 0.5) is 0 Å².